The monoisotopic (exact) mass is 390 g/mol. The van der Waals surface area contributed by atoms with Crippen LogP contribution >= 0.6 is 0 Å². The van der Waals surface area contributed by atoms with Gasteiger partial charge in [-0.3, -0.25) is 9.48 Å². The van der Waals surface area contributed by atoms with Crippen molar-refractivity contribution in [1.82, 2.24) is 14.9 Å². The summed E-state index contributed by atoms with van der Waals surface area (Å²) in [5.41, 5.74) is 2.14. The number of rotatable bonds is 6. The minimum atomic E-state index is -0.433. The first kappa shape index (κ1) is 18.6. The van der Waals surface area contributed by atoms with Crippen molar-refractivity contribution in [3.63, 3.8) is 0 Å². The Labute approximate surface area is 167 Å². The topological polar surface area (TPSA) is 64.2 Å². The van der Waals surface area contributed by atoms with Gasteiger partial charge in [0.05, 0.1) is 24.0 Å². The van der Waals surface area contributed by atoms with Crippen LogP contribution in [0.1, 0.15) is 23.0 Å². The van der Waals surface area contributed by atoms with Gasteiger partial charge in [0.2, 0.25) is 0 Å². The minimum absolute atomic E-state index is 0.112. The molecule has 2 heterocycles. The van der Waals surface area contributed by atoms with Crippen LogP contribution in [-0.4, -0.2) is 27.4 Å². The van der Waals surface area contributed by atoms with E-state index in [1.165, 1.54) is 12.1 Å². The van der Waals surface area contributed by atoms with Crippen LogP contribution in [-0.2, 0) is 6.54 Å². The highest BCUT2D eigenvalue weighted by Crippen LogP contribution is 2.24. The van der Waals surface area contributed by atoms with E-state index in [2.05, 4.69) is 10.3 Å². The van der Waals surface area contributed by atoms with E-state index in [0.29, 0.717) is 18.8 Å². The minimum Gasteiger partial charge on any atom is -0.355 e. The van der Waals surface area contributed by atoms with E-state index in [0.717, 1.165) is 5.56 Å². The first-order valence-electron chi connectivity index (χ1n) is 9.25. The molecule has 0 radical (unpaired) electrons. The van der Waals surface area contributed by atoms with Crippen LogP contribution in [0, 0.1) is 5.82 Å². The number of nitrogens with zero attached hydrogens (tertiary/aromatic N) is 4. The molecule has 0 saturated heterocycles. The van der Waals surface area contributed by atoms with E-state index in [1.807, 2.05) is 43.5 Å². The van der Waals surface area contributed by atoms with E-state index >= 15 is 0 Å². The highest BCUT2D eigenvalue weighted by Gasteiger charge is 2.22. The smallest absolute Gasteiger partial charge is 0.280 e. The van der Waals surface area contributed by atoms with Gasteiger partial charge in [-0.1, -0.05) is 47.6 Å². The molecular weight excluding hydrogens is 371 g/mol. The van der Waals surface area contributed by atoms with Crippen molar-refractivity contribution in [1.29, 1.82) is 0 Å². The third-order valence-corrected chi connectivity index (χ3v) is 4.55. The number of aromatic nitrogens is 3. The Balaban J connectivity index is 1.54. The molecule has 4 aromatic rings. The van der Waals surface area contributed by atoms with Crippen molar-refractivity contribution < 1.29 is 13.7 Å². The summed E-state index contributed by atoms with van der Waals surface area (Å²) in [6.45, 7) is 2.90. The van der Waals surface area contributed by atoms with Crippen LogP contribution in [0.15, 0.2) is 77.6 Å². The Bertz CT molecular complexity index is 1120. The lowest BCUT2D eigenvalue weighted by atomic mass is 10.1. The summed E-state index contributed by atoms with van der Waals surface area (Å²) in [4.78, 5) is 14.5. The lowest BCUT2D eigenvalue weighted by Gasteiger charge is -2.17. The maximum absolute atomic E-state index is 14.0. The fourth-order valence-electron chi connectivity index (χ4n) is 3.09. The van der Waals surface area contributed by atoms with E-state index < -0.39 is 5.82 Å². The van der Waals surface area contributed by atoms with Gasteiger partial charge in [-0.2, -0.15) is 5.10 Å². The van der Waals surface area contributed by atoms with E-state index in [1.54, 1.807) is 34.0 Å². The second-order valence-electron chi connectivity index (χ2n) is 6.49. The summed E-state index contributed by atoms with van der Waals surface area (Å²) in [6.07, 6.45) is 3.45. The number of benzene rings is 2. The molecule has 0 bridgehead atoms. The van der Waals surface area contributed by atoms with Gasteiger partial charge >= 0.3 is 0 Å². The van der Waals surface area contributed by atoms with E-state index in [4.69, 9.17) is 4.52 Å². The van der Waals surface area contributed by atoms with Crippen molar-refractivity contribution >= 4 is 11.6 Å². The second-order valence-corrected chi connectivity index (χ2v) is 6.49. The van der Waals surface area contributed by atoms with Crippen molar-refractivity contribution in [2.24, 2.45) is 0 Å². The molecule has 2 aromatic heterocycles. The van der Waals surface area contributed by atoms with Gasteiger partial charge in [-0.05, 0) is 24.6 Å². The van der Waals surface area contributed by atoms with Crippen LogP contribution in [0.4, 0.5) is 10.1 Å². The Morgan fingerprint density at radius 2 is 1.90 bits per heavy atom. The Morgan fingerprint density at radius 3 is 2.66 bits per heavy atom. The average molecular weight is 390 g/mol. The number of anilines is 1. The van der Waals surface area contributed by atoms with Crippen molar-refractivity contribution in [2.45, 2.75) is 13.5 Å². The maximum Gasteiger partial charge on any atom is 0.280 e. The third kappa shape index (κ3) is 3.94. The molecule has 1 amide bonds. The first-order valence-corrected chi connectivity index (χ1v) is 9.25. The van der Waals surface area contributed by atoms with Crippen LogP contribution in [0.5, 0.6) is 0 Å². The van der Waals surface area contributed by atoms with Crippen molar-refractivity contribution in [3.8, 4) is 11.3 Å². The molecule has 0 spiro atoms. The highest BCUT2D eigenvalue weighted by atomic mass is 19.1. The van der Waals surface area contributed by atoms with Crippen LogP contribution in [0.25, 0.3) is 11.3 Å². The summed E-state index contributed by atoms with van der Waals surface area (Å²) in [6, 6.07) is 17.6. The predicted octanol–water partition coefficient (Wildman–Crippen LogP) is 4.39. The lowest BCUT2D eigenvalue weighted by molar-refractivity contribution is 0.0979. The lowest BCUT2D eigenvalue weighted by Crippen LogP contribution is -2.30. The van der Waals surface area contributed by atoms with Crippen LogP contribution in [0.2, 0.25) is 0 Å². The van der Waals surface area contributed by atoms with Crippen molar-refractivity contribution in [3.05, 3.63) is 90.1 Å². The molecule has 4 rings (SSSR count). The molecular formula is C22H19FN4O2. The van der Waals surface area contributed by atoms with Crippen molar-refractivity contribution in [2.75, 3.05) is 11.4 Å². The third-order valence-electron chi connectivity index (χ3n) is 4.55. The number of hydrogen-bond donors (Lipinski definition) is 0. The normalized spacial score (nSPS) is 10.8. The predicted molar refractivity (Wildman–Crippen MR) is 107 cm³/mol. The molecule has 0 N–H and O–H groups in total. The average Bonchev–Trinajstić information content (AvgIpc) is 3.40. The summed E-state index contributed by atoms with van der Waals surface area (Å²) in [7, 11) is 0. The van der Waals surface area contributed by atoms with Gasteiger partial charge < -0.3 is 9.42 Å². The summed E-state index contributed by atoms with van der Waals surface area (Å²) in [5.74, 6) is -0.558. The van der Waals surface area contributed by atoms with Crippen LogP contribution < -0.4 is 4.90 Å². The fraction of sp³-hybridized carbons (Fsp3) is 0.136. The van der Waals surface area contributed by atoms with Gasteiger partial charge in [-0.15, -0.1) is 0 Å². The quantitative estimate of drug-likeness (QED) is 0.490. The highest BCUT2D eigenvalue weighted by molar-refractivity contribution is 6.05. The largest absolute Gasteiger partial charge is 0.355 e. The summed E-state index contributed by atoms with van der Waals surface area (Å²) in [5, 5.41) is 8.19. The van der Waals surface area contributed by atoms with Gasteiger partial charge in [0.1, 0.15) is 5.82 Å². The molecule has 0 aliphatic heterocycles. The maximum atomic E-state index is 14.0. The van der Waals surface area contributed by atoms with Gasteiger partial charge in [0.25, 0.3) is 5.91 Å². The van der Waals surface area contributed by atoms with Gasteiger partial charge in [-0.25, -0.2) is 4.39 Å². The zero-order valence-corrected chi connectivity index (χ0v) is 15.8. The number of amides is 1. The molecule has 6 nitrogen and oxygen atoms in total. The van der Waals surface area contributed by atoms with Crippen LogP contribution in [0.3, 0.4) is 0 Å². The Morgan fingerprint density at radius 1 is 1.14 bits per heavy atom. The van der Waals surface area contributed by atoms with E-state index in [-0.39, 0.29) is 22.9 Å². The SMILES string of the molecule is CCN(C(=O)c1cc(-c2ccccc2F)on1)c1cnn(Cc2ccccc2)c1. The molecule has 7 heteroatoms. The molecule has 0 saturated carbocycles. The van der Waals surface area contributed by atoms with Gasteiger partial charge in [0.15, 0.2) is 11.5 Å². The van der Waals surface area contributed by atoms with Gasteiger partial charge in [0, 0.05) is 18.8 Å². The molecule has 146 valence electrons. The molecule has 0 fully saturated rings. The summed E-state index contributed by atoms with van der Waals surface area (Å²) < 4.78 is 20.9. The molecule has 0 aliphatic rings. The Kier molecular flexibility index (Phi) is 5.20. The fourth-order valence-corrected chi connectivity index (χ4v) is 3.09. The second kappa shape index (κ2) is 8.10. The zero-order chi connectivity index (χ0) is 20.2. The van der Waals surface area contributed by atoms with E-state index in [9.17, 15) is 9.18 Å². The number of halogens is 1. The number of carbonyl (C=O) groups is 1. The molecule has 0 aliphatic carbocycles. The number of hydrogen-bond acceptors (Lipinski definition) is 4. The number of carbonyl (C=O) groups excluding carboxylic acids is 1. The molecule has 29 heavy (non-hydrogen) atoms. The molecule has 0 unspecified atom stereocenters. The zero-order valence-electron chi connectivity index (χ0n) is 15.8. The standard InChI is InChI=1S/C22H19FN4O2/c1-2-27(17-13-24-26(15-17)14-16-8-4-3-5-9-16)22(28)20-12-21(29-25-20)18-10-6-7-11-19(18)23/h3-13,15H,2,14H2,1H3. The first-order chi connectivity index (χ1) is 14.2. The Hall–Kier alpha value is -3.74. The molecule has 2 aromatic carbocycles. The molecule has 0 atom stereocenters. The summed E-state index contributed by atoms with van der Waals surface area (Å²) >= 11 is 0.